The summed E-state index contributed by atoms with van der Waals surface area (Å²) in [7, 11) is 0. The van der Waals surface area contributed by atoms with Crippen molar-refractivity contribution in [2.24, 2.45) is 16.7 Å². The largest absolute Gasteiger partial charge is 0.481 e. The van der Waals surface area contributed by atoms with Crippen LogP contribution in [-0.2, 0) is 4.79 Å². The molecule has 0 radical (unpaired) electrons. The van der Waals surface area contributed by atoms with Gasteiger partial charge in [-0.2, -0.15) is 0 Å². The summed E-state index contributed by atoms with van der Waals surface area (Å²) in [6.45, 7) is 5.31. The van der Waals surface area contributed by atoms with Crippen molar-refractivity contribution in [3.8, 4) is 0 Å². The number of amides is 2. The van der Waals surface area contributed by atoms with Gasteiger partial charge >= 0.3 is 12.0 Å². The van der Waals surface area contributed by atoms with Gasteiger partial charge in [0.05, 0.1) is 5.41 Å². The molecule has 2 fully saturated rings. The van der Waals surface area contributed by atoms with Crippen LogP contribution in [0.1, 0.15) is 58.8 Å². The van der Waals surface area contributed by atoms with Crippen LogP contribution in [0.15, 0.2) is 0 Å². The predicted molar refractivity (Wildman–Crippen MR) is 81.1 cm³/mol. The van der Waals surface area contributed by atoms with Gasteiger partial charge in [-0.25, -0.2) is 4.79 Å². The van der Waals surface area contributed by atoms with Gasteiger partial charge in [-0.15, -0.1) is 0 Å². The van der Waals surface area contributed by atoms with E-state index in [4.69, 9.17) is 0 Å². The summed E-state index contributed by atoms with van der Waals surface area (Å²) < 4.78 is 0. The molecule has 0 aromatic rings. The Morgan fingerprint density at radius 1 is 1.00 bits per heavy atom. The lowest BCUT2D eigenvalue weighted by atomic mass is 9.74. The van der Waals surface area contributed by atoms with Gasteiger partial charge in [0, 0.05) is 13.1 Å². The first-order valence-corrected chi connectivity index (χ1v) is 8.15. The Kier molecular flexibility index (Phi) is 4.79. The van der Waals surface area contributed by atoms with Crippen LogP contribution in [0.3, 0.4) is 0 Å². The lowest BCUT2D eigenvalue weighted by Crippen LogP contribution is -2.48. The number of hydrogen-bond donors (Lipinski definition) is 3. The third-order valence-electron chi connectivity index (χ3n) is 5.57. The normalized spacial score (nSPS) is 22.6. The monoisotopic (exact) mass is 296 g/mol. The van der Waals surface area contributed by atoms with E-state index in [0.717, 1.165) is 19.3 Å². The van der Waals surface area contributed by atoms with Gasteiger partial charge < -0.3 is 15.7 Å². The number of hydrogen-bond acceptors (Lipinski definition) is 2. The number of carboxylic acids is 1. The van der Waals surface area contributed by atoms with Crippen molar-refractivity contribution >= 4 is 12.0 Å². The zero-order chi connectivity index (χ0) is 15.5. The van der Waals surface area contributed by atoms with E-state index < -0.39 is 11.4 Å². The highest BCUT2D eigenvalue weighted by atomic mass is 16.4. The Hall–Kier alpha value is -1.26. The van der Waals surface area contributed by atoms with E-state index in [2.05, 4.69) is 24.5 Å². The molecule has 0 aromatic heterocycles. The SMILES string of the molecule is CC(C)C1(CNC(=O)NCC2(C(=O)O)CCCCC2)CC1. The molecule has 2 aliphatic carbocycles. The topological polar surface area (TPSA) is 78.4 Å². The van der Waals surface area contributed by atoms with Gasteiger partial charge in [0.1, 0.15) is 0 Å². The Balaban J connectivity index is 1.78. The van der Waals surface area contributed by atoms with Crippen LogP contribution in [0.2, 0.25) is 0 Å². The van der Waals surface area contributed by atoms with Crippen molar-refractivity contribution in [2.45, 2.75) is 58.8 Å². The second kappa shape index (κ2) is 6.24. The van der Waals surface area contributed by atoms with Gasteiger partial charge in [-0.1, -0.05) is 33.1 Å². The number of carbonyl (C=O) groups is 2. The predicted octanol–water partition coefficient (Wildman–Crippen LogP) is 2.76. The molecule has 2 aliphatic rings. The van der Waals surface area contributed by atoms with Crippen LogP contribution in [-0.4, -0.2) is 30.2 Å². The maximum atomic E-state index is 11.9. The molecule has 0 aliphatic heterocycles. The fourth-order valence-corrected chi connectivity index (χ4v) is 3.38. The number of carbonyl (C=O) groups excluding carboxylic acids is 1. The first-order chi connectivity index (χ1) is 9.90. The molecule has 5 nitrogen and oxygen atoms in total. The Morgan fingerprint density at radius 3 is 2.05 bits per heavy atom. The average Bonchev–Trinajstić information content (AvgIpc) is 3.25. The van der Waals surface area contributed by atoms with Gasteiger partial charge in [0.25, 0.3) is 0 Å². The minimum Gasteiger partial charge on any atom is -0.481 e. The van der Waals surface area contributed by atoms with Gasteiger partial charge in [-0.3, -0.25) is 4.79 Å². The molecule has 5 heteroatoms. The molecule has 0 bridgehead atoms. The number of nitrogens with one attached hydrogen (secondary N) is 2. The van der Waals surface area contributed by atoms with Gasteiger partial charge in [0.2, 0.25) is 0 Å². The molecule has 21 heavy (non-hydrogen) atoms. The maximum absolute atomic E-state index is 11.9. The van der Waals surface area contributed by atoms with E-state index in [1.165, 1.54) is 12.8 Å². The standard InChI is InChI=1S/C16H28N2O3/c1-12(2)15(8-9-15)10-17-14(21)18-11-16(13(19)20)6-4-3-5-7-16/h12H,3-11H2,1-2H3,(H,19,20)(H2,17,18,21). The first kappa shape index (κ1) is 16.1. The van der Waals surface area contributed by atoms with E-state index in [-0.39, 0.29) is 18.0 Å². The van der Waals surface area contributed by atoms with E-state index in [1.807, 2.05) is 0 Å². The minimum absolute atomic E-state index is 0.229. The molecule has 0 saturated heterocycles. The zero-order valence-corrected chi connectivity index (χ0v) is 13.2. The van der Waals surface area contributed by atoms with Crippen LogP contribution >= 0.6 is 0 Å². The van der Waals surface area contributed by atoms with Gasteiger partial charge in [0.15, 0.2) is 0 Å². The van der Waals surface area contributed by atoms with E-state index >= 15 is 0 Å². The second-order valence-corrected chi connectivity index (χ2v) is 7.20. The molecular weight excluding hydrogens is 268 g/mol. The Bertz CT molecular complexity index is 396. The van der Waals surface area contributed by atoms with Crippen molar-refractivity contribution in [1.82, 2.24) is 10.6 Å². The average molecular weight is 296 g/mol. The molecule has 2 rings (SSSR count). The summed E-state index contributed by atoms with van der Waals surface area (Å²) >= 11 is 0. The van der Waals surface area contributed by atoms with Crippen molar-refractivity contribution in [3.63, 3.8) is 0 Å². The molecule has 0 unspecified atom stereocenters. The highest BCUT2D eigenvalue weighted by Gasteiger charge is 2.45. The van der Waals surface area contributed by atoms with E-state index in [0.29, 0.717) is 25.3 Å². The van der Waals surface area contributed by atoms with Crippen molar-refractivity contribution in [3.05, 3.63) is 0 Å². The molecular formula is C16H28N2O3. The summed E-state index contributed by atoms with van der Waals surface area (Å²) in [5.74, 6) is -0.204. The molecule has 0 heterocycles. The summed E-state index contributed by atoms with van der Waals surface area (Å²) in [5, 5.41) is 15.2. The number of rotatable bonds is 6. The summed E-state index contributed by atoms with van der Waals surface area (Å²) in [6, 6.07) is -0.229. The van der Waals surface area contributed by atoms with E-state index in [1.54, 1.807) is 0 Å². The summed E-state index contributed by atoms with van der Waals surface area (Å²) in [5.41, 5.74) is -0.489. The Labute approximate surface area is 126 Å². The van der Waals surface area contributed by atoms with Crippen LogP contribution in [0, 0.1) is 16.7 Å². The van der Waals surface area contributed by atoms with E-state index in [9.17, 15) is 14.7 Å². The van der Waals surface area contributed by atoms with Crippen molar-refractivity contribution < 1.29 is 14.7 Å². The molecule has 2 saturated carbocycles. The zero-order valence-electron chi connectivity index (χ0n) is 13.2. The summed E-state index contributed by atoms with van der Waals surface area (Å²) in [6.07, 6.45) is 6.64. The van der Waals surface area contributed by atoms with Crippen LogP contribution in [0.25, 0.3) is 0 Å². The van der Waals surface area contributed by atoms with Crippen molar-refractivity contribution in [2.75, 3.05) is 13.1 Å². The number of carboxylic acid groups (broad SMARTS) is 1. The van der Waals surface area contributed by atoms with Crippen LogP contribution in [0.4, 0.5) is 4.79 Å². The quantitative estimate of drug-likeness (QED) is 0.705. The molecule has 0 spiro atoms. The highest BCUT2D eigenvalue weighted by molar-refractivity contribution is 5.78. The van der Waals surface area contributed by atoms with Crippen LogP contribution < -0.4 is 10.6 Å². The summed E-state index contributed by atoms with van der Waals surface area (Å²) in [4.78, 5) is 23.5. The molecule has 2 amide bonds. The molecule has 0 atom stereocenters. The van der Waals surface area contributed by atoms with Crippen molar-refractivity contribution in [1.29, 1.82) is 0 Å². The lowest BCUT2D eigenvalue weighted by Gasteiger charge is -2.33. The lowest BCUT2D eigenvalue weighted by molar-refractivity contribution is -0.150. The van der Waals surface area contributed by atoms with Gasteiger partial charge in [-0.05, 0) is 37.0 Å². The second-order valence-electron chi connectivity index (χ2n) is 7.20. The van der Waals surface area contributed by atoms with Crippen LogP contribution in [0.5, 0.6) is 0 Å². The fourth-order valence-electron chi connectivity index (χ4n) is 3.38. The first-order valence-electron chi connectivity index (χ1n) is 8.15. The number of urea groups is 1. The fraction of sp³-hybridized carbons (Fsp3) is 0.875. The Morgan fingerprint density at radius 2 is 1.57 bits per heavy atom. The molecule has 120 valence electrons. The molecule has 3 N–H and O–H groups in total. The third-order valence-corrected chi connectivity index (χ3v) is 5.57. The third kappa shape index (κ3) is 3.69. The minimum atomic E-state index is -0.775. The smallest absolute Gasteiger partial charge is 0.314 e. The maximum Gasteiger partial charge on any atom is 0.314 e. The number of aliphatic carboxylic acids is 1. The molecule has 0 aromatic carbocycles. The highest BCUT2D eigenvalue weighted by Crippen LogP contribution is 2.51.